The zero-order valence-electron chi connectivity index (χ0n) is 17.0. The van der Waals surface area contributed by atoms with Gasteiger partial charge in [-0.25, -0.2) is 13.1 Å². The molecule has 0 saturated heterocycles. The Bertz CT molecular complexity index is 1170. The summed E-state index contributed by atoms with van der Waals surface area (Å²) in [5.74, 6) is 0.218. The number of carbonyl (C=O) groups is 1. The molecule has 3 aromatic rings. The van der Waals surface area contributed by atoms with Crippen LogP contribution >= 0.6 is 11.8 Å². The number of aryl methyl sites for hydroxylation is 2. The Labute approximate surface area is 180 Å². The molecule has 7 nitrogen and oxygen atoms in total. The average Bonchev–Trinajstić information content (AvgIpc) is 2.98. The summed E-state index contributed by atoms with van der Waals surface area (Å²) in [5, 5.41) is 7.40. The fourth-order valence-electron chi connectivity index (χ4n) is 2.93. The van der Waals surface area contributed by atoms with Crippen LogP contribution < -0.4 is 11.1 Å². The number of amides is 1. The minimum atomic E-state index is -3.88. The maximum absolute atomic E-state index is 13.2. The number of benzene rings is 2. The number of nitrogens with one attached hydrogen (secondary N) is 1. The van der Waals surface area contributed by atoms with Gasteiger partial charge >= 0.3 is 0 Å². The molecule has 2 aromatic carbocycles. The van der Waals surface area contributed by atoms with E-state index in [2.05, 4.69) is 10.4 Å². The number of nitrogen functional groups attached to an aromatic ring is 1. The van der Waals surface area contributed by atoms with Crippen molar-refractivity contribution in [3.63, 3.8) is 0 Å². The molecule has 158 valence electrons. The topological polar surface area (TPSA) is 107 Å². The van der Waals surface area contributed by atoms with Crippen LogP contribution in [0.3, 0.4) is 0 Å². The van der Waals surface area contributed by atoms with E-state index in [0.29, 0.717) is 16.5 Å². The lowest BCUT2D eigenvalue weighted by Crippen LogP contribution is -2.21. The second-order valence-electron chi connectivity index (χ2n) is 6.84. The summed E-state index contributed by atoms with van der Waals surface area (Å²) >= 11 is 1.27. The molecule has 0 aliphatic carbocycles. The number of anilines is 2. The van der Waals surface area contributed by atoms with Crippen LogP contribution in [0.1, 0.15) is 18.1 Å². The molecule has 0 radical (unpaired) electrons. The second-order valence-corrected chi connectivity index (χ2v) is 9.98. The predicted octanol–water partition coefficient (Wildman–Crippen LogP) is 3.67. The summed E-state index contributed by atoms with van der Waals surface area (Å²) in [5.41, 5.74) is 8.80. The Kier molecular flexibility index (Phi) is 6.52. The maximum Gasteiger partial charge on any atom is 0.246 e. The van der Waals surface area contributed by atoms with Gasteiger partial charge in [-0.05, 0) is 49.4 Å². The second kappa shape index (κ2) is 8.93. The smallest absolute Gasteiger partial charge is 0.246 e. The van der Waals surface area contributed by atoms with Crippen LogP contribution in [0.4, 0.5) is 11.5 Å². The van der Waals surface area contributed by atoms with Crippen LogP contribution in [0.15, 0.2) is 63.3 Å². The van der Waals surface area contributed by atoms with Gasteiger partial charge in [0.05, 0.1) is 4.90 Å². The molecule has 0 atom stereocenters. The number of aromatic nitrogens is 2. The Morgan fingerprint density at radius 3 is 2.47 bits per heavy atom. The molecular formula is C21H24N4O3S2. The molecule has 1 heterocycles. The van der Waals surface area contributed by atoms with Gasteiger partial charge in [0.15, 0.2) is 0 Å². The number of rotatable bonds is 7. The number of carbonyl (C=O) groups excluding carboxylic acids is 1. The summed E-state index contributed by atoms with van der Waals surface area (Å²) < 4.78 is 27.7. The minimum Gasteiger partial charge on any atom is -0.383 e. The molecule has 30 heavy (non-hydrogen) atoms. The summed E-state index contributed by atoms with van der Waals surface area (Å²) in [6, 6.07) is 14.0. The Morgan fingerprint density at radius 2 is 1.83 bits per heavy atom. The predicted molar refractivity (Wildman–Crippen MR) is 119 cm³/mol. The van der Waals surface area contributed by atoms with Gasteiger partial charge < -0.3 is 11.1 Å². The van der Waals surface area contributed by atoms with Gasteiger partial charge in [-0.1, -0.05) is 36.8 Å². The van der Waals surface area contributed by atoms with Gasteiger partial charge in [-0.2, -0.15) is 5.10 Å². The normalized spacial score (nSPS) is 11.4. The molecule has 1 aromatic heterocycles. The van der Waals surface area contributed by atoms with E-state index in [-0.39, 0.29) is 28.1 Å². The van der Waals surface area contributed by atoms with Crippen LogP contribution in [0.2, 0.25) is 0 Å². The lowest BCUT2D eigenvalue weighted by atomic mass is 10.2. The molecule has 3 N–H and O–H groups in total. The number of sulfone groups is 1. The fourth-order valence-corrected chi connectivity index (χ4v) is 5.49. The van der Waals surface area contributed by atoms with Crippen molar-refractivity contribution in [2.75, 3.05) is 16.8 Å². The Hall–Kier alpha value is -2.78. The average molecular weight is 445 g/mol. The summed E-state index contributed by atoms with van der Waals surface area (Å²) in [4.78, 5) is 12.6. The molecular weight excluding hydrogens is 420 g/mol. The first kappa shape index (κ1) is 21.9. The van der Waals surface area contributed by atoms with E-state index in [4.69, 9.17) is 5.73 Å². The van der Waals surface area contributed by atoms with E-state index < -0.39 is 9.84 Å². The van der Waals surface area contributed by atoms with Crippen LogP contribution in [-0.4, -0.2) is 29.9 Å². The Balaban J connectivity index is 1.94. The van der Waals surface area contributed by atoms with Crippen molar-refractivity contribution >= 4 is 39.0 Å². The van der Waals surface area contributed by atoms with Crippen molar-refractivity contribution in [1.82, 2.24) is 9.78 Å². The molecule has 0 unspecified atom stereocenters. The van der Waals surface area contributed by atoms with E-state index in [1.807, 2.05) is 39.0 Å². The third kappa shape index (κ3) is 4.68. The van der Waals surface area contributed by atoms with E-state index >= 15 is 0 Å². The molecule has 9 heteroatoms. The van der Waals surface area contributed by atoms with Gasteiger partial charge in [0.1, 0.15) is 22.3 Å². The largest absolute Gasteiger partial charge is 0.383 e. The Morgan fingerprint density at radius 1 is 1.13 bits per heavy atom. The highest BCUT2D eigenvalue weighted by molar-refractivity contribution is 8.00. The first-order valence-electron chi connectivity index (χ1n) is 9.39. The standard InChI is InChI=1S/C21H24N4O3S2/c1-4-29-21-19(30(27,28)17-10-8-14(2)9-11-17)20(22)25(24-21)13-18(26)23-16-7-5-6-15(3)12-16/h5-12H,4,13,22H2,1-3H3,(H,23,26). The summed E-state index contributed by atoms with van der Waals surface area (Å²) in [6.07, 6.45) is 0. The minimum absolute atomic E-state index is 0.0501. The van der Waals surface area contributed by atoms with Gasteiger partial charge in [0.2, 0.25) is 15.7 Å². The van der Waals surface area contributed by atoms with Gasteiger partial charge in [0.25, 0.3) is 0 Å². The van der Waals surface area contributed by atoms with Crippen molar-refractivity contribution in [3.05, 3.63) is 59.7 Å². The third-order valence-electron chi connectivity index (χ3n) is 4.39. The maximum atomic E-state index is 13.2. The van der Waals surface area contributed by atoms with Gasteiger partial charge in [0, 0.05) is 5.69 Å². The molecule has 0 bridgehead atoms. The fraction of sp³-hybridized carbons (Fsp3) is 0.238. The van der Waals surface area contributed by atoms with Crippen LogP contribution in [0.25, 0.3) is 0 Å². The number of hydrogen-bond donors (Lipinski definition) is 2. The molecule has 0 aliphatic rings. The van der Waals surface area contributed by atoms with Crippen LogP contribution in [0.5, 0.6) is 0 Å². The SMILES string of the molecule is CCSc1nn(CC(=O)Nc2cccc(C)c2)c(N)c1S(=O)(=O)c1ccc(C)cc1. The number of nitrogens with zero attached hydrogens (tertiary/aromatic N) is 2. The highest BCUT2D eigenvalue weighted by Crippen LogP contribution is 2.34. The number of nitrogens with two attached hydrogens (primary N) is 1. The molecule has 1 amide bonds. The third-order valence-corrected chi connectivity index (χ3v) is 7.20. The molecule has 0 fully saturated rings. The van der Waals surface area contributed by atoms with E-state index in [9.17, 15) is 13.2 Å². The van der Waals surface area contributed by atoms with Crippen molar-refractivity contribution in [1.29, 1.82) is 0 Å². The van der Waals surface area contributed by atoms with Crippen molar-refractivity contribution in [2.45, 2.75) is 42.1 Å². The lowest BCUT2D eigenvalue weighted by molar-refractivity contribution is -0.116. The van der Waals surface area contributed by atoms with Crippen molar-refractivity contribution < 1.29 is 13.2 Å². The highest BCUT2D eigenvalue weighted by atomic mass is 32.2. The summed E-state index contributed by atoms with van der Waals surface area (Å²) in [7, 11) is -3.88. The van der Waals surface area contributed by atoms with E-state index in [1.54, 1.807) is 30.3 Å². The number of hydrogen-bond acceptors (Lipinski definition) is 6. The number of thioether (sulfide) groups is 1. The van der Waals surface area contributed by atoms with Gasteiger partial charge in [-0.15, -0.1) is 11.8 Å². The zero-order chi connectivity index (χ0) is 21.9. The van der Waals surface area contributed by atoms with Gasteiger partial charge in [-0.3, -0.25) is 4.79 Å². The zero-order valence-corrected chi connectivity index (χ0v) is 18.7. The van der Waals surface area contributed by atoms with E-state index in [0.717, 1.165) is 11.1 Å². The summed E-state index contributed by atoms with van der Waals surface area (Å²) in [6.45, 7) is 5.51. The van der Waals surface area contributed by atoms with Crippen molar-refractivity contribution in [2.24, 2.45) is 0 Å². The lowest BCUT2D eigenvalue weighted by Gasteiger charge is -2.08. The monoisotopic (exact) mass is 444 g/mol. The first-order valence-corrected chi connectivity index (χ1v) is 11.9. The molecule has 0 spiro atoms. The molecule has 3 rings (SSSR count). The highest BCUT2D eigenvalue weighted by Gasteiger charge is 2.30. The van der Waals surface area contributed by atoms with E-state index in [1.165, 1.54) is 16.4 Å². The first-order chi connectivity index (χ1) is 14.2. The molecule has 0 aliphatic heterocycles. The van der Waals surface area contributed by atoms with Crippen LogP contribution in [-0.2, 0) is 21.2 Å². The molecule has 0 saturated carbocycles. The quantitative estimate of drug-likeness (QED) is 0.539. The van der Waals surface area contributed by atoms with Crippen LogP contribution in [0, 0.1) is 13.8 Å². The van der Waals surface area contributed by atoms with Crippen molar-refractivity contribution in [3.8, 4) is 0 Å².